The van der Waals surface area contributed by atoms with Gasteiger partial charge in [0.15, 0.2) is 0 Å². The molecule has 1 aliphatic heterocycles. The molecular weight excluding hydrogens is 390 g/mol. The third-order valence-electron chi connectivity index (χ3n) is 6.75. The number of likely N-dealkylation sites (tertiary alicyclic amines) is 1. The highest BCUT2D eigenvalue weighted by Crippen LogP contribution is 2.57. The van der Waals surface area contributed by atoms with Crippen LogP contribution in [0.25, 0.3) is 0 Å². The van der Waals surface area contributed by atoms with Crippen LogP contribution in [0.4, 0.5) is 0 Å². The normalized spacial score (nSPS) is 25.2. The van der Waals surface area contributed by atoms with Gasteiger partial charge < -0.3 is 0 Å². The van der Waals surface area contributed by atoms with E-state index in [9.17, 15) is 0 Å². The summed E-state index contributed by atoms with van der Waals surface area (Å²) < 4.78 is 0. The number of aromatic nitrogens is 2. The minimum atomic E-state index is 0. The van der Waals surface area contributed by atoms with E-state index in [4.69, 9.17) is 9.97 Å². The van der Waals surface area contributed by atoms with Crippen LogP contribution < -0.4 is 0 Å². The molecule has 1 aromatic rings. The highest BCUT2D eigenvalue weighted by Gasteiger charge is 2.56. The van der Waals surface area contributed by atoms with E-state index in [1.54, 1.807) is 0 Å². The molecular formula is C29H61N3. The number of hydrogen-bond acceptors (Lipinski definition) is 3. The van der Waals surface area contributed by atoms with Gasteiger partial charge in [0.2, 0.25) is 0 Å². The van der Waals surface area contributed by atoms with Gasteiger partial charge in [0.1, 0.15) is 5.82 Å². The zero-order valence-corrected chi connectivity index (χ0v) is 21.0. The summed E-state index contributed by atoms with van der Waals surface area (Å²) in [7, 11) is 0. The van der Waals surface area contributed by atoms with Crippen LogP contribution in [0, 0.1) is 24.7 Å². The Morgan fingerprint density at radius 1 is 0.719 bits per heavy atom. The fourth-order valence-corrected chi connectivity index (χ4v) is 5.91. The van der Waals surface area contributed by atoms with Gasteiger partial charge in [-0.15, -0.1) is 0 Å². The number of hydrogen-bond donors (Lipinski definition) is 0. The summed E-state index contributed by atoms with van der Waals surface area (Å²) in [5.41, 5.74) is 4.04. The first-order valence-corrected chi connectivity index (χ1v) is 12.9. The molecule has 2 heterocycles. The molecule has 0 radical (unpaired) electrons. The third kappa shape index (κ3) is 7.27. The Labute approximate surface area is 204 Å². The number of fused-ring (bicyclic) bond motifs is 5. The maximum atomic E-state index is 4.89. The monoisotopic (exact) mass is 451 g/mol. The third-order valence-corrected chi connectivity index (χ3v) is 6.75. The summed E-state index contributed by atoms with van der Waals surface area (Å²) in [6.07, 6.45) is 9.52. The Hall–Kier alpha value is -0.960. The summed E-state index contributed by atoms with van der Waals surface area (Å²) in [5.74, 6) is 4.18. The van der Waals surface area contributed by atoms with Crippen LogP contribution in [0.15, 0.2) is 0 Å². The SMILES string of the molecule is C.C.C.CC.CC.CC.CC.Cc1nc(CN2CC[C@@H]3C2[C@@H]2CCC[C@H]32)nc2c1CCC2. The van der Waals surface area contributed by atoms with Crippen molar-refractivity contribution in [3.05, 3.63) is 22.8 Å². The summed E-state index contributed by atoms with van der Waals surface area (Å²) in [4.78, 5) is 12.4. The van der Waals surface area contributed by atoms with Crippen LogP contribution in [0.1, 0.15) is 133 Å². The molecule has 0 bridgehead atoms. The van der Waals surface area contributed by atoms with Crippen molar-refractivity contribution in [2.24, 2.45) is 17.8 Å². The maximum Gasteiger partial charge on any atom is 0.142 e. The summed E-state index contributed by atoms with van der Waals surface area (Å²) in [6, 6.07) is 0.870. The van der Waals surface area contributed by atoms with Crippen LogP contribution in [-0.2, 0) is 19.4 Å². The predicted octanol–water partition coefficient (Wildman–Crippen LogP) is 8.91. The maximum absolute atomic E-state index is 4.89. The molecule has 4 atom stereocenters. The molecule has 3 fully saturated rings. The van der Waals surface area contributed by atoms with E-state index in [1.165, 1.54) is 68.4 Å². The molecule has 1 aromatic heterocycles. The molecule has 5 rings (SSSR count). The smallest absolute Gasteiger partial charge is 0.142 e. The van der Waals surface area contributed by atoms with E-state index in [1.807, 2.05) is 55.4 Å². The summed E-state index contributed by atoms with van der Waals surface area (Å²) >= 11 is 0. The molecule has 4 aliphatic rings. The standard InChI is InChI=1S/C18H25N3.4C2H6.3CH4/c1-11-12-4-3-7-16(12)20-17(19-11)10-21-9-8-15-13-5-2-6-14(13)18(15)21;4*1-2;;;/h13-15,18H,2-10H2,1H3;4*1-2H3;3*1H4/t13-,14+,15-,18?;;;;;;;/m0......./s1. The van der Waals surface area contributed by atoms with Crippen molar-refractivity contribution in [2.75, 3.05) is 6.54 Å². The number of aryl methyl sites for hydroxylation is 2. The molecule has 0 N–H and O–H groups in total. The number of rotatable bonds is 2. The Balaban J connectivity index is -0.000000698. The number of nitrogens with zero attached hydrogens (tertiary/aromatic N) is 3. The van der Waals surface area contributed by atoms with Crippen molar-refractivity contribution < 1.29 is 0 Å². The largest absolute Gasteiger partial charge is 0.292 e. The topological polar surface area (TPSA) is 29.0 Å². The first kappa shape index (κ1) is 35.6. The molecule has 192 valence electrons. The fourth-order valence-electron chi connectivity index (χ4n) is 5.91. The van der Waals surface area contributed by atoms with E-state index < -0.39 is 0 Å². The molecule has 32 heavy (non-hydrogen) atoms. The van der Waals surface area contributed by atoms with E-state index in [0.29, 0.717) is 0 Å². The van der Waals surface area contributed by atoms with Crippen LogP contribution in [0.5, 0.6) is 0 Å². The first-order valence-electron chi connectivity index (χ1n) is 12.9. The molecule has 0 amide bonds. The van der Waals surface area contributed by atoms with Crippen LogP contribution in [0.2, 0.25) is 0 Å². The van der Waals surface area contributed by atoms with Crippen molar-refractivity contribution >= 4 is 0 Å². The summed E-state index contributed by atoms with van der Waals surface area (Å²) in [5, 5.41) is 0. The average molecular weight is 452 g/mol. The van der Waals surface area contributed by atoms with Gasteiger partial charge in [-0.1, -0.05) is 84.1 Å². The van der Waals surface area contributed by atoms with Crippen LogP contribution in [0.3, 0.4) is 0 Å². The van der Waals surface area contributed by atoms with Gasteiger partial charge in [0.05, 0.1) is 6.54 Å². The lowest BCUT2D eigenvalue weighted by Gasteiger charge is -2.48. The molecule has 2 saturated carbocycles. The van der Waals surface area contributed by atoms with E-state index in [-0.39, 0.29) is 22.3 Å². The van der Waals surface area contributed by atoms with Gasteiger partial charge in [-0.05, 0) is 75.3 Å². The van der Waals surface area contributed by atoms with Crippen molar-refractivity contribution in [3.8, 4) is 0 Å². The lowest BCUT2D eigenvalue weighted by atomic mass is 9.63. The Morgan fingerprint density at radius 3 is 1.91 bits per heavy atom. The minimum absolute atomic E-state index is 0. The predicted molar refractivity (Wildman–Crippen MR) is 148 cm³/mol. The Bertz CT molecular complexity index is 578. The second-order valence-corrected chi connectivity index (χ2v) is 7.68. The molecule has 3 nitrogen and oxygen atoms in total. The quantitative estimate of drug-likeness (QED) is 0.449. The Morgan fingerprint density at radius 2 is 1.28 bits per heavy atom. The summed E-state index contributed by atoms with van der Waals surface area (Å²) in [6.45, 7) is 20.5. The molecule has 3 aliphatic carbocycles. The van der Waals surface area contributed by atoms with E-state index in [0.717, 1.165) is 36.2 Å². The minimum Gasteiger partial charge on any atom is -0.292 e. The molecule has 1 saturated heterocycles. The van der Waals surface area contributed by atoms with Crippen LogP contribution in [-0.4, -0.2) is 27.5 Å². The van der Waals surface area contributed by atoms with Crippen molar-refractivity contribution in [3.63, 3.8) is 0 Å². The van der Waals surface area contributed by atoms with E-state index >= 15 is 0 Å². The second kappa shape index (κ2) is 18.5. The van der Waals surface area contributed by atoms with E-state index in [2.05, 4.69) is 11.8 Å². The lowest BCUT2D eigenvalue weighted by molar-refractivity contribution is 0.00458. The van der Waals surface area contributed by atoms with Crippen LogP contribution >= 0.6 is 0 Å². The van der Waals surface area contributed by atoms with Crippen molar-refractivity contribution in [2.45, 2.75) is 142 Å². The Kier molecular flexibility index (Phi) is 20.6. The van der Waals surface area contributed by atoms with Gasteiger partial charge >= 0.3 is 0 Å². The van der Waals surface area contributed by atoms with Gasteiger partial charge in [0, 0.05) is 17.4 Å². The molecule has 1 unspecified atom stereocenters. The molecule has 0 spiro atoms. The zero-order chi connectivity index (χ0) is 22.0. The molecule has 0 aromatic carbocycles. The van der Waals surface area contributed by atoms with Gasteiger partial charge in [-0.2, -0.15) is 0 Å². The zero-order valence-electron chi connectivity index (χ0n) is 21.0. The highest BCUT2D eigenvalue weighted by molar-refractivity contribution is 5.29. The fraction of sp³-hybridized carbons (Fsp3) is 0.862. The van der Waals surface area contributed by atoms with Gasteiger partial charge in [-0.25, -0.2) is 9.97 Å². The van der Waals surface area contributed by atoms with Gasteiger partial charge in [-0.3, -0.25) is 4.90 Å². The van der Waals surface area contributed by atoms with Crippen molar-refractivity contribution in [1.82, 2.24) is 14.9 Å². The second-order valence-electron chi connectivity index (χ2n) is 7.68. The first-order chi connectivity index (χ1) is 14.3. The highest BCUT2D eigenvalue weighted by atomic mass is 15.2. The lowest BCUT2D eigenvalue weighted by Crippen LogP contribution is -2.52. The average Bonchev–Trinajstić information content (AvgIpc) is 3.49. The van der Waals surface area contributed by atoms with Gasteiger partial charge in [0.25, 0.3) is 0 Å². The van der Waals surface area contributed by atoms with Crippen molar-refractivity contribution in [1.29, 1.82) is 0 Å². The molecule has 3 heteroatoms.